The van der Waals surface area contributed by atoms with E-state index in [0.717, 1.165) is 44.1 Å². The molecule has 1 aliphatic rings. The second-order valence-corrected chi connectivity index (χ2v) is 7.57. The van der Waals surface area contributed by atoms with Gasteiger partial charge in [-0.05, 0) is 38.4 Å². The summed E-state index contributed by atoms with van der Waals surface area (Å²) in [6.45, 7) is 5.80. The van der Waals surface area contributed by atoms with Crippen molar-refractivity contribution in [1.29, 1.82) is 0 Å². The number of likely N-dealkylation sites (tertiary alicyclic amines) is 1. The predicted molar refractivity (Wildman–Crippen MR) is 94.9 cm³/mol. The van der Waals surface area contributed by atoms with Crippen LogP contribution in [0.15, 0.2) is 28.3 Å². The second kappa shape index (κ2) is 7.94. The lowest BCUT2D eigenvalue weighted by atomic mass is 10.1. The summed E-state index contributed by atoms with van der Waals surface area (Å²) in [4.78, 5) is 22.3. The predicted octanol–water partition coefficient (Wildman–Crippen LogP) is 2.96. The molecule has 2 aromatic heterocycles. The molecule has 1 aliphatic heterocycles. The van der Waals surface area contributed by atoms with Crippen molar-refractivity contribution in [1.82, 2.24) is 14.8 Å². The van der Waals surface area contributed by atoms with Crippen LogP contribution in [0, 0.1) is 12.8 Å². The van der Waals surface area contributed by atoms with Crippen LogP contribution in [0.1, 0.15) is 29.2 Å². The molecule has 1 saturated heterocycles. The Kier molecular flexibility index (Phi) is 5.68. The maximum atomic E-state index is 12.3. The van der Waals surface area contributed by atoms with E-state index in [1.807, 2.05) is 22.5 Å². The zero-order valence-electron chi connectivity index (χ0n) is 14.4. The largest absolute Gasteiger partial charge is 0.469 e. The van der Waals surface area contributed by atoms with Crippen LogP contribution in [0.2, 0.25) is 0 Å². The van der Waals surface area contributed by atoms with Gasteiger partial charge in [-0.3, -0.25) is 4.79 Å². The molecular formula is C18H25N3O2S. The highest BCUT2D eigenvalue weighted by Gasteiger charge is 2.27. The maximum absolute atomic E-state index is 12.3. The van der Waals surface area contributed by atoms with Gasteiger partial charge in [0.15, 0.2) is 0 Å². The summed E-state index contributed by atoms with van der Waals surface area (Å²) in [6, 6.07) is 3.79. The van der Waals surface area contributed by atoms with Gasteiger partial charge in [0.25, 0.3) is 0 Å². The highest BCUT2D eigenvalue weighted by molar-refractivity contribution is 7.09. The number of nitrogens with zero attached hydrogens (tertiary/aromatic N) is 3. The molecule has 0 radical (unpaired) electrons. The average molecular weight is 347 g/mol. The SMILES string of the molecule is Cc1ncsc1CN(C)C[C@H]1CCN(C(=O)CCc2ccco2)C1. The average Bonchev–Trinajstić information content (AvgIpc) is 3.28. The van der Waals surface area contributed by atoms with Crippen LogP contribution in [-0.2, 0) is 17.8 Å². The lowest BCUT2D eigenvalue weighted by molar-refractivity contribution is -0.130. The molecule has 2 aromatic rings. The normalized spacial score (nSPS) is 17.8. The van der Waals surface area contributed by atoms with E-state index in [0.29, 0.717) is 18.8 Å². The molecule has 1 amide bonds. The Hall–Kier alpha value is -1.66. The van der Waals surface area contributed by atoms with E-state index in [9.17, 15) is 4.79 Å². The van der Waals surface area contributed by atoms with Crippen molar-refractivity contribution in [2.24, 2.45) is 5.92 Å². The minimum absolute atomic E-state index is 0.245. The number of aromatic nitrogens is 1. The van der Waals surface area contributed by atoms with E-state index < -0.39 is 0 Å². The van der Waals surface area contributed by atoms with E-state index in [2.05, 4.69) is 23.9 Å². The Morgan fingerprint density at radius 3 is 3.12 bits per heavy atom. The Labute approximate surface area is 147 Å². The molecule has 0 spiro atoms. The van der Waals surface area contributed by atoms with Crippen LogP contribution >= 0.6 is 11.3 Å². The Bertz CT molecular complexity index is 653. The van der Waals surface area contributed by atoms with Gasteiger partial charge in [0.1, 0.15) is 5.76 Å². The van der Waals surface area contributed by atoms with Crippen molar-refractivity contribution in [3.8, 4) is 0 Å². The number of aryl methyl sites for hydroxylation is 2. The lowest BCUT2D eigenvalue weighted by Crippen LogP contribution is -2.31. The third-order valence-corrected chi connectivity index (χ3v) is 5.55. The summed E-state index contributed by atoms with van der Waals surface area (Å²) in [6.07, 6.45) is 3.98. The molecule has 0 aromatic carbocycles. The maximum Gasteiger partial charge on any atom is 0.223 e. The van der Waals surface area contributed by atoms with Crippen LogP contribution in [0.3, 0.4) is 0 Å². The number of amides is 1. The molecule has 0 bridgehead atoms. The monoisotopic (exact) mass is 347 g/mol. The molecule has 1 atom stereocenters. The number of hydrogen-bond donors (Lipinski definition) is 0. The van der Waals surface area contributed by atoms with Crippen molar-refractivity contribution in [2.45, 2.75) is 32.7 Å². The van der Waals surface area contributed by atoms with Gasteiger partial charge in [0.05, 0.1) is 17.5 Å². The number of furan rings is 1. The summed E-state index contributed by atoms with van der Waals surface area (Å²) >= 11 is 1.72. The van der Waals surface area contributed by atoms with Crippen LogP contribution in [0.5, 0.6) is 0 Å². The zero-order valence-corrected chi connectivity index (χ0v) is 15.2. The third kappa shape index (κ3) is 4.45. The third-order valence-electron chi connectivity index (χ3n) is 4.63. The molecule has 3 heterocycles. The van der Waals surface area contributed by atoms with Gasteiger partial charge in [-0.2, -0.15) is 0 Å². The smallest absolute Gasteiger partial charge is 0.223 e. The summed E-state index contributed by atoms with van der Waals surface area (Å²) in [7, 11) is 2.15. The molecule has 130 valence electrons. The van der Waals surface area contributed by atoms with Gasteiger partial charge in [0, 0.05) is 43.9 Å². The first-order valence-corrected chi connectivity index (χ1v) is 9.37. The Balaban J connectivity index is 1.41. The van der Waals surface area contributed by atoms with Gasteiger partial charge in [-0.1, -0.05) is 0 Å². The fourth-order valence-corrected chi connectivity index (χ4v) is 4.14. The standard InChI is InChI=1S/C18H25N3O2S/c1-14-17(24-13-19-14)12-20(2)10-15-7-8-21(11-15)18(22)6-5-16-4-3-9-23-16/h3-4,9,13,15H,5-8,10-12H2,1-2H3/t15-/m1/s1. The molecule has 5 nitrogen and oxygen atoms in total. The Morgan fingerprint density at radius 1 is 1.54 bits per heavy atom. The number of carbonyl (C=O) groups is 1. The summed E-state index contributed by atoms with van der Waals surface area (Å²) < 4.78 is 5.30. The quantitative estimate of drug-likeness (QED) is 0.773. The van der Waals surface area contributed by atoms with Crippen LogP contribution < -0.4 is 0 Å². The van der Waals surface area contributed by atoms with Gasteiger partial charge in [-0.15, -0.1) is 11.3 Å². The van der Waals surface area contributed by atoms with E-state index in [4.69, 9.17) is 4.42 Å². The summed E-state index contributed by atoms with van der Waals surface area (Å²) in [5.41, 5.74) is 3.04. The van der Waals surface area contributed by atoms with Gasteiger partial charge >= 0.3 is 0 Å². The van der Waals surface area contributed by atoms with Crippen molar-refractivity contribution in [2.75, 3.05) is 26.7 Å². The fourth-order valence-electron chi connectivity index (χ4n) is 3.28. The first kappa shape index (κ1) is 17.2. The minimum atomic E-state index is 0.245. The first-order chi connectivity index (χ1) is 11.6. The van der Waals surface area contributed by atoms with Crippen LogP contribution in [-0.4, -0.2) is 47.4 Å². The molecular weight excluding hydrogens is 322 g/mol. The number of rotatable bonds is 7. The van der Waals surface area contributed by atoms with E-state index >= 15 is 0 Å². The van der Waals surface area contributed by atoms with Crippen molar-refractivity contribution >= 4 is 17.2 Å². The molecule has 0 unspecified atom stereocenters. The summed E-state index contributed by atoms with van der Waals surface area (Å²) in [5, 5.41) is 0. The Morgan fingerprint density at radius 2 is 2.42 bits per heavy atom. The zero-order chi connectivity index (χ0) is 16.9. The molecule has 0 aliphatic carbocycles. The number of hydrogen-bond acceptors (Lipinski definition) is 5. The molecule has 0 saturated carbocycles. The highest BCUT2D eigenvalue weighted by atomic mass is 32.1. The van der Waals surface area contributed by atoms with Crippen molar-refractivity contribution < 1.29 is 9.21 Å². The van der Waals surface area contributed by atoms with Crippen LogP contribution in [0.4, 0.5) is 0 Å². The first-order valence-electron chi connectivity index (χ1n) is 8.49. The number of thiazole rings is 1. The second-order valence-electron chi connectivity index (χ2n) is 6.63. The minimum Gasteiger partial charge on any atom is -0.469 e. The van der Waals surface area contributed by atoms with Crippen LogP contribution in [0.25, 0.3) is 0 Å². The summed E-state index contributed by atoms with van der Waals surface area (Å²) in [5.74, 6) is 1.70. The van der Waals surface area contributed by atoms with E-state index in [1.54, 1.807) is 17.6 Å². The van der Waals surface area contributed by atoms with E-state index in [1.165, 1.54) is 4.88 Å². The van der Waals surface area contributed by atoms with Gasteiger partial charge in [0.2, 0.25) is 5.91 Å². The van der Waals surface area contributed by atoms with Crippen molar-refractivity contribution in [3.63, 3.8) is 0 Å². The molecule has 1 fully saturated rings. The number of carbonyl (C=O) groups excluding carboxylic acids is 1. The highest BCUT2D eigenvalue weighted by Crippen LogP contribution is 2.21. The topological polar surface area (TPSA) is 49.6 Å². The molecule has 0 N–H and O–H groups in total. The van der Waals surface area contributed by atoms with Gasteiger partial charge < -0.3 is 14.2 Å². The van der Waals surface area contributed by atoms with E-state index in [-0.39, 0.29) is 5.91 Å². The molecule has 6 heteroatoms. The molecule has 24 heavy (non-hydrogen) atoms. The lowest BCUT2D eigenvalue weighted by Gasteiger charge is -2.21. The fraction of sp³-hybridized carbons (Fsp3) is 0.556. The van der Waals surface area contributed by atoms with Gasteiger partial charge in [-0.25, -0.2) is 4.98 Å². The molecule has 3 rings (SSSR count). The van der Waals surface area contributed by atoms with Crippen molar-refractivity contribution in [3.05, 3.63) is 40.2 Å².